The molecule has 0 bridgehead atoms. The summed E-state index contributed by atoms with van der Waals surface area (Å²) in [7, 11) is 0. The number of hydrogen-bond donors (Lipinski definition) is 1. The largest absolute Gasteiger partial charge is 0.494 e. The predicted molar refractivity (Wildman–Crippen MR) is 89.5 cm³/mol. The van der Waals surface area contributed by atoms with Crippen LogP contribution in [0.25, 0.3) is 0 Å². The average molecular weight is 328 g/mol. The molecule has 1 N–H and O–H groups in total. The highest BCUT2D eigenvalue weighted by Gasteiger charge is 2.54. The highest BCUT2D eigenvalue weighted by molar-refractivity contribution is 5.76. The van der Waals surface area contributed by atoms with Crippen molar-refractivity contribution in [2.45, 2.75) is 38.6 Å². The van der Waals surface area contributed by atoms with Gasteiger partial charge in [0.25, 0.3) is 0 Å². The van der Waals surface area contributed by atoms with E-state index in [0.29, 0.717) is 25.5 Å². The molecule has 1 saturated carbocycles. The van der Waals surface area contributed by atoms with E-state index in [-0.39, 0.29) is 0 Å². The Morgan fingerprint density at radius 2 is 2.38 bits per heavy atom. The van der Waals surface area contributed by atoms with E-state index in [1.807, 2.05) is 18.2 Å². The number of hydrogen-bond acceptors (Lipinski definition) is 4. The molecule has 0 aromatic heterocycles. The number of nitriles is 1. The summed E-state index contributed by atoms with van der Waals surface area (Å²) >= 11 is 0. The van der Waals surface area contributed by atoms with Crippen molar-refractivity contribution in [1.82, 2.24) is 4.90 Å². The summed E-state index contributed by atoms with van der Waals surface area (Å²) in [5, 5.41) is 18.2. The van der Waals surface area contributed by atoms with Gasteiger partial charge in [0.15, 0.2) is 0 Å². The summed E-state index contributed by atoms with van der Waals surface area (Å²) in [6.45, 7) is 2.84. The van der Waals surface area contributed by atoms with Crippen molar-refractivity contribution in [1.29, 1.82) is 5.26 Å². The number of rotatable bonds is 7. The molecule has 24 heavy (non-hydrogen) atoms. The number of fused-ring (bicyclic) bond motifs is 1. The van der Waals surface area contributed by atoms with Crippen molar-refractivity contribution in [2.75, 3.05) is 19.7 Å². The Labute approximate surface area is 142 Å². The molecule has 1 saturated heterocycles. The molecule has 2 atom stereocenters. The molecule has 1 aliphatic heterocycles. The molecule has 0 unspecified atom stereocenters. The smallest absolute Gasteiger partial charge is 0.311 e. The molecule has 2 aliphatic rings. The zero-order valence-corrected chi connectivity index (χ0v) is 13.9. The third-order valence-corrected chi connectivity index (χ3v) is 5.37. The Balaban J connectivity index is 1.59. The maximum absolute atomic E-state index is 11.8. The lowest BCUT2D eigenvalue weighted by Crippen LogP contribution is -2.35. The van der Waals surface area contributed by atoms with Crippen LogP contribution in [-0.2, 0) is 11.3 Å². The first-order chi connectivity index (χ1) is 11.6. The van der Waals surface area contributed by atoms with E-state index in [9.17, 15) is 9.90 Å². The van der Waals surface area contributed by atoms with Gasteiger partial charge in [-0.15, -0.1) is 0 Å². The van der Waals surface area contributed by atoms with E-state index >= 15 is 0 Å². The number of carboxylic acid groups (broad SMARTS) is 1. The lowest BCUT2D eigenvalue weighted by atomic mass is 9.81. The molecule has 1 heterocycles. The van der Waals surface area contributed by atoms with Crippen LogP contribution < -0.4 is 4.74 Å². The van der Waals surface area contributed by atoms with Crippen molar-refractivity contribution < 1.29 is 14.6 Å². The third kappa shape index (κ3) is 3.39. The van der Waals surface area contributed by atoms with Gasteiger partial charge in [-0.05, 0) is 42.9 Å². The van der Waals surface area contributed by atoms with Crippen molar-refractivity contribution in [3.05, 3.63) is 29.8 Å². The highest BCUT2D eigenvalue weighted by atomic mass is 16.5. The van der Waals surface area contributed by atoms with E-state index in [1.54, 1.807) is 0 Å². The lowest BCUT2D eigenvalue weighted by molar-refractivity contribution is -0.149. The average Bonchev–Trinajstić information content (AvgIpc) is 3.10. The maximum Gasteiger partial charge on any atom is 0.311 e. The van der Waals surface area contributed by atoms with Crippen LogP contribution in [0.1, 0.15) is 37.7 Å². The molecule has 1 aromatic carbocycles. The zero-order chi connectivity index (χ0) is 17.0. The summed E-state index contributed by atoms with van der Waals surface area (Å²) in [5.74, 6) is 0.486. The standard InChI is InChI=1S/C19H24N2O3/c20-9-1-2-10-24-17-7-3-5-15(11-17)12-21-13-16-6-4-8-19(16,14-21)18(22)23/h3,5,7,11,16H,1-2,4,6,8,10,12-14H2,(H,22,23)/t16-,19+/m0/s1. The summed E-state index contributed by atoms with van der Waals surface area (Å²) in [5.41, 5.74) is 0.624. The van der Waals surface area contributed by atoms with Crippen LogP contribution in [0.4, 0.5) is 0 Å². The Bertz CT molecular complexity index is 640. The van der Waals surface area contributed by atoms with Crippen molar-refractivity contribution in [3.63, 3.8) is 0 Å². The molecule has 5 heteroatoms. The molecule has 128 valence electrons. The van der Waals surface area contributed by atoms with Crippen molar-refractivity contribution >= 4 is 5.97 Å². The van der Waals surface area contributed by atoms with Gasteiger partial charge in [-0.1, -0.05) is 18.6 Å². The Morgan fingerprint density at radius 1 is 1.50 bits per heavy atom. The number of carbonyl (C=O) groups is 1. The molecule has 2 fully saturated rings. The van der Waals surface area contributed by atoms with E-state index in [4.69, 9.17) is 10.00 Å². The maximum atomic E-state index is 11.8. The number of benzene rings is 1. The SMILES string of the molecule is N#CCCCOc1cccc(CN2C[C@@H]3CCC[C@@]3(C(=O)O)C2)c1. The summed E-state index contributed by atoms with van der Waals surface area (Å²) < 4.78 is 5.68. The van der Waals surface area contributed by atoms with Gasteiger partial charge in [-0.2, -0.15) is 5.26 Å². The molecule has 0 spiro atoms. The second kappa shape index (κ2) is 7.23. The fraction of sp³-hybridized carbons (Fsp3) is 0.579. The number of nitrogens with zero attached hydrogens (tertiary/aromatic N) is 2. The first-order valence-electron chi connectivity index (χ1n) is 8.68. The first kappa shape index (κ1) is 16.8. The van der Waals surface area contributed by atoms with Gasteiger partial charge in [0.1, 0.15) is 5.75 Å². The topological polar surface area (TPSA) is 73.6 Å². The molecular formula is C19H24N2O3. The fourth-order valence-corrected chi connectivity index (χ4v) is 4.20. The molecule has 0 radical (unpaired) electrons. The van der Waals surface area contributed by atoms with Crippen LogP contribution in [0, 0.1) is 22.7 Å². The fourth-order valence-electron chi connectivity index (χ4n) is 4.20. The van der Waals surface area contributed by atoms with Crippen LogP contribution >= 0.6 is 0 Å². The van der Waals surface area contributed by atoms with Gasteiger partial charge < -0.3 is 9.84 Å². The van der Waals surface area contributed by atoms with E-state index in [2.05, 4.69) is 17.0 Å². The van der Waals surface area contributed by atoms with Gasteiger partial charge in [0, 0.05) is 26.1 Å². The Kier molecular flexibility index (Phi) is 5.06. The van der Waals surface area contributed by atoms with E-state index < -0.39 is 11.4 Å². The van der Waals surface area contributed by atoms with Crippen molar-refractivity contribution in [2.24, 2.45) is 11.3 Å². The van der Waals surface area contributed by atoms with E-state index in [0.717, 1.165) is 50.1 Å². The van der Waals surface area contributed by atoms with Gasteiger partial charge in [-0.3, -0.25) is 9.69 Å². The second-order valence-corrected chi connectivity index (χ2v) is 6.98. The Hall–Kier alpha value is -2.06. The first-order valence-corrected chi connectivity index (χ1v) is 8.68. The summed E-state index contributed by atoms with van der Waals surface area (Å²) in [6, 6.07) is 10.1. The third-order valence-electron chi connectivity index (χ3n) is 5.37. The zero-order valence-electron chi connectivity index (χ0n) is 13.9. The molecule has 5 nitrogen and oxygen atoms in total. The van der Waals surface area contributed by atoms with Gasteiger partial charge in [0.2, 0.25) is 0 Å². The van der Waals surface area contributed by atoms with Crippen LogP contribution in [0.15, 0.2) is 24.3 Å². The minimum atomic E-state index is -0.623. The highest BCUT2D eigenvalue weighted by Crippen LogP contribution is 2.49. The number of carboxylic acids is 1. The number of likely N-dealkylation sites (tertiary alicyclic amines) is 1. The normalized spacial score (nSPS) is 26.0. The molecule has 1 aliphatic carbocycles. The second-order valence-electron chi connectivity index (χ2n) is 6.98. The number of ether oxygens (including phenoxy) is 1. The molecule has 3 rings (SSSR count). The van der Waals surface area contributed by atoms with Gasteiger partial charge in [-0.25, -0.2) is 0 Å². The van der Waals surface area contributed by atoms with Crippen LogP contribution in [0.3, 0.4) is 0 Å². The lowest BCUT2D eigenvalue weighted by Gasteiger charge is -2.23. The summed E-state index contributed by atoms with van der Waals surface area (Å²) in [4.78, 5) is 14.0. The van der Waals surface area contributed by atoms with Gasteiger partial charge in [0.05, 0.1) is 18.1 Å². The Morgan fingerprint density at radius 3 is 3.12 bits per heavy atom. The number of aliphatic carboxylic acids is 1. The van der Waals surface area contributed by atoms with Crippen LogP contribution in [-0.4, -0.2) is 35.7 Å². The van der Waals surface area contributed by atoms with Crippen LogP contribution in [0.2, 0.25) is 0 Å². The molecule has 1 aromatic rings. The predicted octanol–water partition coefficient (Wildman–Crippen LogP) is 3.06. The molecular weight excluding hydrogens is 304 g/mol. The van der Waals surface area contributed by atoms with E-state index in [1.165, 1.54) is 0 Å². The van der Waals surface area contributed by atoms with Gasteiger partial charge >= 0.3 is 5.97 Å². The summed E-state index contributed by atoms with van der Waals surface area (Å²) in [6.07, 6.45) is 4.12. The quantitative estimate of drug-likeness (QED) is 0.779. The van der Waals surface area contributed by atoms with Crippen LogP contribution in [0.5, 0.6) is 5.75 Å². The van der Waals surface area contributed by atoms with Crippen molar-refractivity contribution in [3.8, 4) is 11.8 Å². The molecule has 0 amide bonds. The number of unbranched alkanes of at least 4 members (excludes halogenated alkanes) is 1. The monoisotopic (exact) mass is 328 g/mol. The minimum Gasteiger partial charge on any atom is -0.494 e. The minimum absolute atomic E-state index is 0.292.